The van der Waals surface area contributed by atoms with Crippen LogP contribution in [0.5, 0.6) is 0 Å². The maximum atomic E-state index is 14.2. The number of rotatable bonds is 6. The topological polar surface area (TPSA) is 37.4 Å². The van der Waals surface area contributed by atoms with Crippen molar-refractivity contribution in [3.05, 3.63) is 104 Å². The van der Waals surface area contributed by atoms with E-state index in [4.69, 9.17) is 0 Å². The molecular formula is C22H20NO2P. The van der Waals surface area contributed by atoms with E-state index in [1.54, 1.807) is 0 Å². The number of benzene rings is 3. The van der Waals surface area contributed by atoms with E-state index in [0.717, 1.165) is 10.6 Å². The lowest BCUT2D eigenvalue weighted by molar-refractivity contribution is -0.114. The molecule has 0 spiro atoms. The molecule has 3 aromatic rings. The summed E-state index contributed by atoms with van der Waals surface area (Å²) in [6.07, 6.45) is 1.34. The van der Waals surface area contributed by atoms with Crippen LogP contribution in [0.3, 0.4) is 0 Å². The summed E-state index contributed by atoms with van der Waals surface area (Å²) < 4.78 is 14.2. The molecule has 0 aliphatic heterocycles. The second kappa shape index (κ2) is 7.99. The van der Waals surface area contributed by atoms with Crippen LogP contribution in [0.25, 0.3) is 0 Å². The molecule has 0 aliphatic rings. The van der Waals surface area contributed by atoms with E-state index in [0.29, 0.717) is 5.69 Å². The van der Waals surface area contributed by atoms with Crippen molar-refractivity contribution < 1.29 is 9.36 Å². The number of hydrogen-bond acceptors (Lipinski definition) is 2. The zero-order valence-corrected chi connectivity index (χ0v) is 15.3. The second-order valence-corrected chi connectivity index (χ2v) is 8.65. The zero-order valence-electron chi connectivity index (χ0n) is 14.4. The van der Waals surface area contributed by atoms with Crippen molar-refractivity contribution in [3.8, 4) is 0 Å². The number of hydrogen-bond donors (Lipinski definition) is 0. The van der Waals surface area contributed by atoms with Crippen molar-refractivity contribution in [2.75, 3.05) is 11.2 Å². The third-order valence-electron chi connectivity index (χ3n) is 4.20. The molecule has 0 aliphatic carbocycles. The van der Waals surface area contributed by atoms with Crippen molar-refractivity contribution in [2.24, 2.45) is 0 Å². The summed E-state index contributed by atoms with van der Waals surface area (Å²) in [6, 6.07) is 27.9. The van der Waals surface area contributed by atoms with Gasteiger partial charge in [0.1, 0.15) is 0 Å². The lowest BCUT2D eigenvalue weighted by atomic mass is 10.3. The van der Waals surface area contributed by atoms with Gasteiger partial charge < -0.3 is 9.46 Å². The summed E-state index contributed by atoms with van der Waals surface area (Å²) in [5.41, 5.74) is 0.699. The Bertz CT molecular complexity index is 881. The molecule has 26 heavy (non-hydrogen) atoms. The molecule has 1 amide bonds. The molecule has 0 atom stereocenters. The van der Waals surface area contributed by atoms with Crippen LogP contribution in [0.1, 0.15) is 0 Å². The summed E-state index contributed by atoms with van der Waals surface area (Å²) in [5.74, 6) is -0.275. The van der Waals surface area contributed by atoms with Gasteiger partial charge in [-0.25, -0.2) is 0 Å². The standard InChI is InChI=1S/C22H20NO2P/c1-2-22(24)23(19-12-6-3-7-13-19)18-26(25,20-14-8-4-9-15-20)21-16-10-5-11-17-21/h2-17H,1,18H2. The van der Waals surface area contributed by atoms with Gasteiger partial charge in [0.05, 0.1) is 6.29 Å². The van der Waals surface area contributed by atoms with Gasteiger partial charge in [-0.05, 0) is 18.2 Å². The number of amides is 1. The highest BCUT2D eigenvalue weighted by Crippen LogP contribution is 2.44. The van der Waals surface area contributed by atoms with Gasteiger partial charge in [-0.3, -0.25) is 4.79 Å². The number of anilines is 1. The maximum absolute atomic E-state index is 14.2. The van der Waals surface area contributed by atoms with Gasteiger partial charge in [0, 0.05) is 16.3 Å². The molecule has 0 bridgehead atoms. The Morgan fingerprint density at radius 3 is 1.65 bits per heavy atom. The van der Waals surface area contributed by atoms with Gasteiger partial charge in [0.15, 0.2) is 7.14 Å². The molecule has 3 aromatic carbocycles. The monoisotopic (exact) mass is 361 g/mol. The fourth-order valence-corrected chi connectivity index (χ4v) is 5.48. The van der Waals surface area contributed by atoms with Crippen LogP contribution in [-0.4, -0.2) is 12.2 Å². The summed E-state index contributed by atoms with van der Waals surface area (Å²) in [6.45, 7) is 3.60. The lowest BCUT2D eigenvalue weighted by Crippen LogP contribution is -2.34. The maximum Gasteiger partial charge on any atom is 0.250 e. The van der Waals surface area contributed by atoms with E-state index in [1.807, 2.05) is 91.0 Å². The molecule has 0 radical (unpaired) electrons. The predicted molar refractivity (Wildman–Crippen MR) is 109 cm³/mol. The minimum absolute atomic E-state index is 0.0793. The first-order chi connectivity index (χ1) is 12.6. The van der Waals surface area contributed by atoms with Crippen molar-refractivity contribution in [2.45, 2.75) is 0 Å². The van der Waals surface area contributed by atoms with Crippen LogP contribution >= 0.6 is 7.14 Å². The van der Waals surface area contributed by atoms with E-state index >= 15 is 0 Å². The van der Waals surface area contributed by atoms with E-state index in [-0.39, 0.29) is 12.2 Å². The first-order valence-electron chi connectivity index (χ1n) is 8.34. The average molecular weight is 361 g/mol. The van der Waals surface area contributed by atoms with Crippen LogP contribution < -0.4 is 15.5 Å². The quantitative estimate of drug-likeness (QED) is 0.488. The minimum atomic E-state index is -3.06. The molecule has 3 rings (SSSR count). The van der Waals surface area contributed by atoms with E-state index in [2.05, 4.69) is 6.58 Å². The Kier molecular flexibility index (Phi) is 5.50. The summed E-state index contributed by atoms with van der Waals surface area (Å²) in [5, 5.41) is 1.45. The third kappa shape index (κ3) is 3.68. The largest absolute Gasteiger partial charge is 0.312 e. The highest BCUT2D eigenvalue weighted by atomic mass is 31.2. The predicted octanol–water partition coefficient (Wildman–Crippen LogP) is 4.18. The molecule has 130 valence electrons. The van der Waals surface area contributed by atoms with Crippen LogP contribution in [-0.2, 0) is 9.36 Å². The fraction of sp³-hybridized carbons (Fsp3) is 0.0455. The molecule has 3 nitrogen and oxygen atoms in total. The Balaban J connectivity index is 2.11. The fourth-order valence-electron chi connectivity index (χ4n) is 2.85. The minimum Gasteiger partial charge on any atom is -0.312 e. The Hall–Kier alpha value is -2.90. The van der Waals surface area contributed by atoms with E-state index in [9.17, 15) is 9.36 Å². The molecule has 0 saturated heterocycles. The van der Waals surface area contributed by atoms with Gasteiger partial charge in [-0.1, -0.05) is 85.4 Å². The van der Waals surface area contributed by atoms with Gasteiger partial charge >= 0.3 is 0 Å². The van der Waals surface area contributed by atoms with Crippen LogP contribution in [0.4, 0.5) is 5.69 Å². The Labute approximate surface area is 154 Å². The molecule has 0 fully saturated rings. The van der Waals surface area contributed by atoms with Gasteiger partial charge in [-0.2, -0.15) is 0 Å². The average Bonchev–Trinajstić information content (AvgIpc) is 2.73. The van der Waals surface area contributed by atoms with Crippen molar-refractivity contribution in [1.29, 1.82) is 0 Å². The number of carbonyl (C=O) groups excluding carboxylic acids is 1. The van der Waals surface area contributed by atoms with E-state index < -0.39 is 7.14 Å². The number of nitrogens with zero attached hydrogens (tertiary/aromatic N) is 1. The number of carbonyl (C=O) groups is 1. The van der Waals surface area contributed by atoms with Gasteiger partial charge in [0.25, 0.3) is 5.91 Å². The van der Waals surface area contributed by atoms with Crippen LogP contribution in [0, 0.1) is 0 Å². The lowest BCUT2D eigenvalue weighted by Gasteiger charge is -2.28. The van der Waals surface area contributed by atoms with Crippen molar-refractivity contribution in [3.63, 3.8) is 0 Å². The van der Waals surface area contributed by atoms with Crippen LogP contribution in [0.2, 0.25) is 0 Å². The highest BCUT2D eigenvalue weighted by Gasteiger charge is 2.31. The second-order valence-electron chi connectivity index (χ2n) is 5.86. The Morgan fingerprint density at radius 2 is 1.23 bits per heavy atom. The molecular weight excluding hydrogens is 341 g/mol. The SMILES string of the molecule is C=CC(=O)N(CP(=O)(c1ccccc1)c1ccccc1)c1ccccc1. The summed E-state index contributed by atoms with van der Waals surface area (Å²) >= 11 is 0. The Morgan fingerprint density at radius 1 is 0.808 bits per heavy atom. The first-order valence-corrected chi connectivity index (χ1v) is 10.2. The van der Waals surface area contributed by atoms with Gasteiger partial charge in [0.2, 0.25) is 0 Å². The summed E-state index contributed by atoms with van der Waals surface area (Å²) in [7, 11) is -3.06. The molecule has 0 N–H and O–H groups in total. The summed E-state index contributed by atoms with van der Waals surface area (Å²) in [4.78, 5) is 14.1. The molecule has 0 heterocycles. The van der Waals surface area contributed by atoms with Crippen LogP contribution in [0.15, 0.2) is 104 Å². The first kappa shape index (κ1) is 17.9. The highest BCUT2D eigenvalue weighted by molar-refractivity contribution is 7.78. The normalized spacial score (nSPS) is 10.9. The molecule has 0 aromatic heterocycles. The third-order valence-corrected chi connectivity index (χ3v) is 7.14. The molecule has 0 unspecified atom stereocenters. The van der Waals surface area contributed by atoms with Crippen molar-refractivity contribution >= 4 is 29.3 Å². The molecule has 0 saturated carbocycles. The molecule has 4 heteroatoms. The number of para-hydroxylation sites is 1. The van der Waals surface area contributed by atoms with Gasteiger partial charge in [-0.15, -0.1) is 0 Å². The smallest absolute Gasteiger partial charge is 0.250 e. The zero-order chi connectivity index (χ0) is 18.4. The van der Waals surface area contributed by atoms with E-state index in [1.165, 1.54) is 11.0 Å². The van der Waals surface area contributed by atoms with Crippen molar-refractivity contribution in [1.82, 2.24) is 0 Å².